The topological polar surface area (TPSA) is 66.4 Å². The van der Waals surface area contributed by atoms with Crippen LogP contribution in [0.4, 0.5) is 5.82 Å². The van der Waals surface area contributed by atoms with Crippen LogP contribution in [0, 0.1) is 0 Å². The summed E-state index contributed by atoms with van der Waals surface area (Å²) in [4.78, 5) is 2.38. The van der Waals surface area contributed by atoms with E-state index >= 15 is 0 Å². The van der Waals surface area contributed by atoms with Gasteiger partial charge in [0.2, 0.25) is 10.0 Å². The largest absolute Gasteiger partial charge is 0.352 e. The van der Waals surface area contributed by atoms with Gasteiger partial charge in [-0.25, -0.2) is 8.42 Å². The third-order valence-corrected chi connectivity index (χ3v) is 7.95. The van der Waals surface area contributed by atoms with E-state index < -0.39 is 10.0 Å². The molecule has 32 heavy (non-hydrogen) atoms. The average molecular weight is 465 g/mol. The summed E-state index contributed by atoms with van der Waals surface area (Å²) < 4.78 is 27.9. The number of anilines is 1. The van der Waals surface area contributed by atoms with Crippen molar-refractivity contribution in [2.45, 2.75) is 4.90 Å². The van der Waals surface area contributed by atoms with Crippen molar-refractivity contribution in [2.24, 2.45) is 0 Å². The molecule has 2 heterocycles. The molecule has 6 nitrogen and oxygen atoms in total. The zero-order valence-electron chi connectivity index (χ0n) is 17.2. The Morgan fingerprint density at radius 1 is 0.750 bits per heavy atom. The highest BCUT2D eigenvalue weighted by atomic mass is 35.5. The van der Waals surface area contributed by atoms with Gasteiger partial charge in [-0.1, -0.05) is 60.1 Å². The highest BCUT2D eigenvalue weighted by Gasteiger charge is 2.29. The molecule has 0 amide bonds. The van der Waals surface area contributed by atoms with Crippen molar-refractivity contribution in [3.05, 3.63) is 83.9 Å². The molecule has 0 bridgehead atoms. The minimum Gasteiger partial charge on any atom is -0.352 e. The summed E-state index contributed by atoms with van der Waals surface area (Å²) >= 11 is 6.25. The van der Waals surface area contributed by atoms with E-state index in [-0.39, 0.29) is 0 Å². The lowest BCUT2D eigenvalue weighted by Crippen LogP contribution is -2.49. The van der Waals surface area contributed by atoms with E-state index in [4.69, 9.17) is 11.6 Å². The smallest absolute Gasteiger partial charge is 0.243 e. The van der Waals surface area contributed by atoms with E-state index in [1.54, 1.807) is 16.4 Å². The van der Waals surface area contributed by atoms with Crippen molar-refractivity contribution in [2.75, 3.05) is 31.1 Å². The first-order valence-electron chi connectivity index (χ1n) is 10.3. The second kappa shape index (κ2) is 8.50. The predicted octanol–water partition coefficient (Wildman–Crippen LogP) is 4.46. The summed E-state index contributed by atoms with van der Waals surface area (Å²) in [5.41, 5.74) is 1.54. The maximum absolute atomic E-state index is 13.2. The number of aromatic nitrogens is 2. The molecule has 0 atom stereocenters. The van der Waals surface area contributed by atoms with Gasteiger partial charge >= 0.3 is 0 Å². The maximum atomic E-state index is 13.2. The minimum atomic E-state index is -3.55. The number of hydrogen-bond donors (Lipinski definition) is 0. The molecule has 162 valence electrons. The lowest BCUT2D eigenvalue weighted by molar-refractivity contribution is 0.383. The van der Waals surface area contributed by atoms with Crippen LogP contribution in [0.5, 0.6) is 0 Å². The number of nitrogens with zero attached hydrogens (tertiary/aromatic N) is 4. The van der Waals surface area contributed by atoms with Crippen molar-refractivity contribution >= 4 is 38.2 Å². The molecular weight excluding hydrogens is 444 g/mol. The van der Waals surface area contributed by atoms with Crippen molar-refractivity contribution in [3.63, 3.8) is 0 Å². The Bertz CT molecular complexity index is 1370. The van der Waals surface area contributed by atoms with Gasteiger partial charge in [-0.15, -0.1) is 10.2 Å². The van der Waals surface area contributed by atoms with Crippen LogP contribution in [0.2, 0.25) is 5.02 Å². The SMILES string of the molecule is O=S(=O)(c1ccc2ccccc2c1)N1CCN(c2ccc(-c3ccccc3Cl)nn2)CC1. The lowest BCUT2D eigenvalue weighted by atomic mass is 10.1. The molecule has 0 unspecified atom stereocenters. The van der Waals surface area contributed by atoms with E-state index in [1.165, 1.54) is 0 Å². The van der Waals surface area contributed by atoms with Crippen LogP contribution in [0.15, 0.2) is 83.8 Å². The maximum Gasteiger partial charge on any atom is 0.243 e. The number of fused-ring (bicyclic) bond motifs is 1. The summed E-state index contributed by atoms with van der Waals surface area (Å²) in [6, 6.07) is 24.3. The van der Waals surface area contributed by atoms with Gasteiger partial charge in [-0.05, 0) is 41.1 Å². The van der Waals surface area contributed by atoms with Crippen molar-refractivity contribution < 1.29 is 8.42 Å². The number of benzene rings is 3. The number of rotatable bonds is 4. The van der Waals surface area contributed by atoms with E-state index in [9.17, 15) is 8.42 Å². The Balaban J connectivity index is 1.29. The molecule has 1 fully saturated rings. The van der Waals surface area contributed by atoms with Crippen molar-refractivity contribution in [1.82, 2.24) is 14.5 Å². The quantitative estimate of drug-likeness (QED) is 0.446. The molecule has 0 radical (unpaired) electrons. The van der Waals surface area contributed by atoms with Gasteiger partial charge in [-0.2, -0.15) is 4.31 Å². The van der Waals surface area contributed by atoms with Gasteiger partial charge in [0.25, 0.3) is 0 Å². The molecule has 1 aliphatic heterocycles. The summed E-state index contributed by atoms with van der Waals surface area (Å²) in [7, 11) is -3.55. The molecule has 3 aromatic carbocycles. The fourth-order valence-electron chi connectivity index (χ4n) is 3.94. The fraction of sp³-hybridized carbons (Fsp3) is 0.167. The van der Waals surface area contributed by atoms with Crippen LogP contribution in [-0.2, 0) is 10.0 Å². The molecule has 5 rings (SSSR count). The number of hydrogen-bond acceptors (Lipinski definition) is 5. The molecule has 1 saturated heterocycles. The monoisotopic (exact) mass is 464 g/mol. The third-order valence-electron chi connectivity index (χ3n) is 5.72. The van der Waals surface area contributed by atoms with Gasteiger partial charge in [0, 0.05) is 31.7 Å². The second-order valence-electron chi connectivity index (χ2n) is 7.66. The normalized spacial score (nSPS) is 15.2. The van der Waals surface area contributed by atoms with Crippen LogP contribution in [0.25, 0.3) is 22.0 Å². The number of piperazine rings is 1. The predicted molar refractivity (Wildman–Crippen MR) is 127 cm³/mol. The molecule has 0 N–H and O–H groups in total. The van der Waals surface area contributed by atoms with Gasteiger partial charge in [0.1, 0.15) is 0 Å². The molecule has 8 heteroatoms. The Kier molecular flexibility index (Phi) is 5.55. The Labute approximate surface area is 192 Å². The average Bonchev–Trinajstić information content (AvgIpc) is 2.84. The highest BCUT2D eigenvalue weighted by Crippen LogP contribution is 2.27. The van der Waals surface area contributed by atoms with Crippen LogP contribution >= 0.6 is 11.6 Å². The Hall–Kier alpha value is -3.00. The van der Waals surface area contributed by atoms with E-state index in [0.717, 1.165) is 22.2 Å². The number of halogens is 1. The van der Waals surface area contributed by atoms with Crippen LogP contribution in [0.3, 0.4) is 0 Å². The summed E-state index contributed by atoms with van der Waals surface area (Å²) in [5.74, 6) is 0.726. The highest BCUT2D eigenvalue weighted by molar-refractivity contribution is 7.89. The molecule has 1 aliphatic rings. The summed E-state index contributed by atoms with van der Waals surface area (Å²) in [6.45, 7) is 1.88. The first-order chi connectivity index (χ1) is 15.5. The molecule has 0 saturated carbocycles. The molecule has 0 aliphatic carbocycles. The van der Waals surface area contributed by atoms with E-state index in [2.05, 4.69) is 15.1 Å². The Morgan fingerprint density at radius 2 is 1.47 bits per heavy atom. The standard InChI is InChI=1S/C24H21ClN4O2S/c25-22-8-4-3-7-21(22)23-11-12-24(27-26-23)28-13-15-29(16-14-28)32(30,31)20-10-9-18-5-1-2-6-19(18)17-20/h1-12,17H,13-16H2. The van der Waals surface area contributed by atoms with Crippen LogP contribution in [0.1, 0.15) is 0 Å². The van der Waals surface area contributed by atoms with Gasteiger partial charge in [-0.3, -0.25) is 0 Å². The Morgan fingerprint density at radius 3 is 2.19 bits per heavy atom. The minimum absolute atomic E-state index is 0.327. The number of sulfonamides is 1. The van der Waals surface area contributed by atoms with Gasteiger partial charge in [0.05, 0.1) is 15.6 Å². The van der Waals surface area contributed by atoms with Gasteiger partial charge < -0.3 is 4.90 Å². The third kappa shape index (κ3) is 3.95. The van der Waals surface area contributed by atoms with Crippen LogP contribution in [-0.4, -0.2) is 49.1 Å². The first-order valence-corrected chi connectivity index (χ1v) is 12.2. The molecular formula is C24H21ClN4O2S. The van der Waals surface area contributed by atoms with Crippen LogP contribution < -0.4 is 4.90 Å². The first kappa shape index (κ1) is 20.9. The molecule has 0 spiro atoms. The second-order valence-corrected chi connectivity index (χ2v) is 10.0. The molecule has 1 aromatic heterocycles. The zero-order valence-corrected chi connectivity index (χ0v) is 18.8. The summed E-state index contributed by atoms with van der Waals surface area (Å²) in [6.07, 6.45) is 0. The van der Waals surface area contributed by atoms with E-state index in [1.807, 2.05) is 66.7 Å². The van der Waals surface area contributed by atoms with Crippen molar-refractivity contribution in [3.8, 4) is 11.3 Å². The fourth-order valence-corrected chi connectivity index (χ4v) is 5.63. The van der Waals surface area contributed by atoms with Crippen molar-refractivity contribution in [1.29, 1.82) is 0 Å². The zero-order chi connectivity index (χ0) is 22.1. The molecule has 4 aromatic rings. The van der Waals surface area contributed by atoms with Gasteiger partial charge in [0.15, 0.2) is 5.82 Å². The lowest BCUT2D eigenvalue weighted by Gasteiger charge is -2.34. The summed E-state index contributed by atoms with van der Waals surface area (Å²) in [5, 5.41) is 11.2. The van der Waals surface area contributed by atoms with E-state index in [0.29, 0.717) is 41.8 Å².